The van der Waals surface area contributed by atoms with E-state index in [1.165, 1.54) is 0 Å². The van der Waals surface area contributed by atoms with E-state index in [0.29, 0.717) is 0 Å². The number of rotatable bonds is 4. The van der Waals surface area contributed by atoms with Gasteiger partial charge in [0.2, 0.25) is 16.6 Å². The van der Waals surface area contributed by atoms with E-state index in [-0.39, 0.29) is 0 Å². The molecule has 0 aliphatic carbocycles. The molecule has 0 fully saturated rings. The van der Waals surface area contributed by atoms with Gasteiger partial charge in [-0.05, 0) is 0 Å². The van der Waals surface area contributed by atoms with Crippen LogP contribution >= 0.6 is 0 Å². The lowest BCUT2D eigenvalue weighted by Crippen LogP contribution is -2.38. The topological polar surface area (TPSA) is 66.4 Å². The molecule has 0 amide bonds. The minimum Gasteiger partial charge on any atom is -0.725 e. The van der Waals surface area contributed by atoms with E-state index in [4.69, 9.17) is 0 Å². The molecule has 0 heterocycles. The van der Waals surface area contributed by atoms with Crippen LogP contribution in [0.2, 0.25) is 0 Å². The second-order valence-electron chi connectivity index (χ2n) is 2.34. The zero-order chi connectivity index (χ0) is 12.5. The fraction of sp³-hybridized carbons (Fsp3) is 1.00. The molecule has 0 saturated carbocycles. The van der Waals surface area contributed by atoms with Gasteiger partial charge in [0, 0.05) is 0 Å². The minimum atomic E-state index is -5.99. The first-order valence-corrected chi connectivity index (χ1v) is 4.42. The molecule has 0 aliphatic rings. The summed E-state index contributed by atoms with van der Waals surface area (Å²) in [5.74, 6) is 0. The third-order valence-corrected chi connectivity index (χ3v) is 1.41. The van der Waals surface area contributed by atoms with Gasteiger partial charge in [-0.15, -0.1) is 0 Å². The summed E-state index contributed by atoms with van der Waals surface area (Å²) in [6, 6.07) is 0. The molecule has 15 heavy (non-hydrogen) atoms. The summed E-state index contributed by atoms with van der Waals surface area (Å²) < 4.78 is 102. The second-order valence-corrected chi connectivity index (χ2v) is 3.32. The average molecular weight is 261 g/mol. The first-order valence-electron chi connectivity index (χ1n) is 3.08. The van der Waals surface area contributed by atoms with Crippen molar-refractivity contribution in [3.05, 3.63) is 0 Å². The molecule has 0 bridgehead atoms. The van der Waals surface area contributed by atoms with E-state index >= 15 is 0 Å². The van der Waals surface area contributed by atoms with E-state index in [2.05, 4.69) is 4.18 Å². The molecule has 0 rings (SSSR count). The zero-order valence-corrected chi connectivity index (χ0v) is 7.41. The van der Waals surface area contributed by atoms with Gasteiger partial charge in [0.05, 0.1) is 6.42 Å². The molecule has 1 unspecified atom stereocenters. The second kappa shape index (κ2) is 4.14. The highest BCUT2D eigenvalue weighted by atomic mass is 32.3. The zero-order valence-electron chi connectivity index (χ0n) is 6.59. The van der Waals surface area contributed by atoms with Crippen molar-refractivity contribution < 1.29 is 43.5 Å². The molecule has 0 saturated heterocycles. The van der Waals surface area contributed by atoms with Gasteiger partial charge in [-0.3, -0.25) is 0 Å². The average Bonchev–Trinajstić information content (AvgIpc) is 1.75. The molecule has 0 spiro atoms. The van der Waals surface area contributed by atoms with Gasteiger partial charge in [0.25, 0.3) is 0 Å². The summed E-state index contributed by atoms with van der Waals surface area (Å²) in [6.07, 6.45) is -17.2. The van der Waals surface area contributed by atoms with Gasteiger partial charge < -0.3 is 4.55 Å². The molecule has 0 aromatic rings. The number of alkyl halides is 6. The summed E-state index contributed by atoms with van der Waals surface area (Å²) in [7, 11) is -5.99. The van der Waals surface area contributed by atoms with Crippen LogP contribution in [0.25, 0.3) is 0 Å². The quantitative estimate of drug-likeness (QED) is 0.435. The van der Waals surface area contributed by atoms with Crippen molar-refractivity contribution in [3.63, 3.8) is 0 Å². The fourth-order valence-electron chi connectivity index (χ4n) is 0.510. The van der Waals surface area contributed by atoms with Crippen molar-refractivity contribution in [3.8, 4) is 0 Å². The molecular weight excluding hydrogens is 258 g/mol. The van der Waals surface area contributed by atoms with E-state index in [1.54, 1.807) is 0 Å². The summed E-state index contributed by atoms with van der Waals surface area (Å²) >= 11 is 0. The Labute approximate surface area is 79.8 Å². The number of halogens is 6. The van der Waals surface area contributed by atoms with Gasteiger partial charge in [0.15, 0.2) is 0 Å². The normalized spacial score (nSPS) is 16.5. The van der Waals surface area contributed by atoms with E-state index in [1.807, 2.05) is 0 Å². The first-order chi connectivity index (χ1) is 6.33. The Morgan fingerprint density at radius 2 is 1.60 bits per heavy atom. The van der Waals surface area contributed by atoms with Crippen molar-refractivity contribution in [1.82, 2.24) is 0 Å². The predicted molar refractivity (Wildman–Crippen MR) is 31.3 cm³/mol. The molecule has 0 N–H and O–H groups in total. The molecule has 92 valence electrons. The standard InChI is InChI=1S/C4H4F6O4S/c5-2(1-3(6,7)8)4(9,10)14-15(11,12)13/h2H,1H2,(H,11,12,13)/p-1. The van der Waals surface area contributed by atoms with Crippen LogP contribution < -0.4 is 0 Å². The van der Waals surface area contributed by atoms with Gasteiger partial charge in [0.1, 0.15) is 0 Å². The Balaban J connectivity index is 4.60. The van der Waals surface area contributed by atoms with E-state index in [9.17, 15) is 39.3 Å². The van der Waals surface area contributed by atoms with Crippen LogP contribution in [0.1, 0.15) is 6.42 Å². The Hall–Kier alpha value is -0.550. The lowest BCUT2D eigenvalue weighted by molar-refractivity contribution is -0.248. The largest absolute Gasteiger partial charge is 0.725 e. The Bertz CT molecular complexity index is 308. The monoisotopic (exact) mass is 261 g/mol. The van der Waals surface area contributed by atoms with E-state index in [0.717, 1.165) is 0 Å². The van der Waals surface area contributed by atoms with E-state index < -0.39 is 35.3 Å². The Morgan fingerprint density at radius 3 is 1.87 bits per heavy atom. The van der Waals surface area contributed by atoms with Crippen molar-refractivity contribution in [2.75, 3.05) is 0 Å². The first kappa shape index (κ1) is 14.5. The van der Waals surface area contributed by atoms with Crippen molar-refractivity contribution in [2.24, 2.45) is 0 Å². The Kier molecular flexibility index (Phi) is 3.98. The maximum absolute atomic E-state index is 12.2. The fourth-order valence-corrected chi connectivity index (χ4v) is 0.887. The molecule has 0 aromatic heterocycles. The van der Waals surface area contributed by atoms with Gasteiger partial charge in [-0.1, -0.05) is 0 Å². The number of hydrogen-bond donors (Lipinski definition) is 0. The summed E-state index contributed by atoms with van der Waals surface area (Å²) in [5, 5.41) is 0. The van der Waals surface area contributed by atoms with Crippen LogP contribution in [0, 0.1) is 0 Å². The predicted octanol–water partition coefficient (Wildman–Crippen LogP) is 1.35. The summed E-state index contributed by atoms with van der Waals surface area (Å²) in [4.78, 5) is 0. The Morgan fingerprint density at radius 1 is 1.20 bits per heavy atom. The molecule has 1 atom stereocenters. The smallest absolute Gasteiger partial charge is 0.400 e. The SMILES string of the molecule is O=S(=O)([O-])OC(F)(F)C(F)CC(F)(F)F. The van der Waals surface area contributed by atoms with Crippen LogP contribution in [-0.2, 0) is 14.6 Å². The highest BCUT2D eigenvalue weighted by Crippen LogP contribution is 2.33. The van der Waals surface area contributed by atoms with Crippen LogP contribution in [-0.4, -0.2) is 31.4 Å². The number of hydrogen-bond acceptors (Lipinski definition) is 4. The molecule has 0 aliphatic heterocycles. The third kappa shape index (κ3) is 6.52. The maximum Gasteiger partial charge on any atom is 0.400 e. The molecule has 4 nitrogen and oxygen atoms in total. The summed E-state index contributed by atoms with van der Waals surface area (Å²) in [5.41, 5.74) is 0. The lowest BCUT2D eigenvalue weighted by Gasteiger charge is -2.22. The maximum atomic E-state index is 12.2. The summed E-state index contributed by atoms with van der Waals surface area (Å²) in [6.45, 7) is 0. The molecule has 0 aromatic carbocycles. The van der Waals surface area contributed by atoms with Gasteiger partial charge in [-0.2, -0.15) is 22.0 Å². The molecule has 11 heteroatoms. The van der Waals surface area contributed by atoms with Crippen LogP contribution in [0.4, 0.5) is 26.3 Å². The minimum absolute atomic E-state index is 2.34. The van der Waals surface area contributed by atoms with Crippen LogP contribution in [0.5, 0.6) is 0 Å². The van der Waals surface area contributed by atoms with Crippen LogP contribution in [0.3, 0.4) is 0 Å². The van der Waals surface area contributed by atoms with Crippen LogP contribution in [0.15, 0.2) is 0 Å². The lowest BCUT2D eigenvalue weighted by atomic mass is 10.2. The highest BCUT2D eigenvalue weighted by molar-refractivity contribution is 7.80. The van der Waals surface area contributed by atoms with Crippen molar-refractivity contribution in [1.29, 1.82) is 0 Å². The third-order valence-electron chi connectivity index (χ3n) is 0.988. The van der Waals surface area contributed by atoms with Crippen molar-refractivity contribution >= 4 is 10.4 Å². The van der Waals surface area contributed by atoms with Gasteiger partial charge in [-0.25, -0.2) is 17.0 Å². The molecular formula is C4H3F6O4S-. The van der Waals surface area contributed by atoms with Gasteiger partial charge >= 0.3 is 12.3 Å². The molecule has 0 radical (unpaired) electrons. The van der Waals surface area contributed by atoms with Crippen molar-refractivity contribution in [2.45, 2.75) is 24.9 Å². The highest BCUT2D eigenvalue weighted by Gasteiger charge is 2.49.